The zero-order valence-electron chi connectivity index (χ0n) is 11.8. The molecular weight excluding hydrogens is 263 g/mol. The summed E-state index contributed by atoms with van der Waals surface area (Å²) in [5.74, 6) is 5.41. The highest BCUT2D eigenvalue weighted by Gasteiger charge is 2.18. The predicted molar refractivity (Wildman–Crippen MR) is 81.7 cm³/mol. The molecular formula is C18H17FN2. The van der Waals surface area contributed by atoms with Crippen molar-refractivity contribution in [1.82, 2.24) is 4.90 Å². The van der Waals surface area contributed by atoms with Crippen LogP contribution in [0, 0.1) is 17.7 Å². The van der Waals surface area contributed by atoms with Crippen molar-refractivity contribution < 1.29 is 4.39 Å². The molecule has 2 aromatic rings. The van der Waals surface area contributed by atoms with Crippen LogP contribution in [-0.4, -0.2) is 11.4 Å². The molecule has 106 valence electrons. The Morgan fingerprint density at radius 2 is 1.81 bits per heavy atom. The van der Waals surface area contributed by atoms with Crippen LogP contribution in [0.2, 0.25) is 0 Å². The second-order valence-electron chi connectivity index (χ2n) is 5.27. The zero-order valence-corrected chi connectivity index (χ0v) is 11.8. The van der Waals surface area contributed by atoms with Crippen molar-refractivity contribution >= 4 is 0 Å². The molecule has 0 bridgehead atoms. The second kappa shape index (κ2) is 6.09. The largest absolute Gasteiger partial charge is 0.320 e. The van der Waals surface area contributed by atoms with E-state index >= 15 is 0 Å². The van der Waals surface area contributed by atoms with E-state index < -0.39 is 0 Å². The highest BCUT2D eigenvalue weighted by atomic mass is 19.1. The van der Waals surface area contributed by atoms with Gasteiger partial charge in [-0.3, -0.25) is 4.90 Å². The number of nitrogens with two attached hydrogens (primary N) is 1. The number of halogens is 1. The summed E-state index contributed by atoms with van der Waals surface area (Å²) < 4.78 is 13.7. The summed E-state index contributed by atoms with van der Waals surface area (Å²) in [6.07, 6.45) is 0. The van der Waals surface area contributed by atoms with Crippen molar-refractivity contribution in [3.63, 3.8) is 0 Å². The quantitative estimate of drug-likeness (QED) is 0.857. The van der Waals surface area contributed by atoms with Crippen molar-refractivity contribution in [3.05, 3.63) is 70.5 Å². The van der Waals surface area contributed by atoms with Gasteiger partial charge < -0.3 is 5.73 Å². The lowest BCUT2D eigenvalue weighted by atomic mass is 10.1. The predicted octanol–water partition coefficient (Wildman–Crippen LogP) is 2.65. The van der Waals surface area contributed by atoms with Gasteiger partial charge in [0.15, 0.2) is 0 Å². The molecule has 21 heavy (non-hydrogen) atoms. The fraction of sp³-hybridized carbons (Fsp3) is 0.222. The minimum atomic E-state index is -0.245. The molecule has 0 amide bonds. The Labute approximate surface area is 124 Å². The molecule has 2 N–H and O–H groups in total. The third-order valence-corrected chi connectivity index (χ3v) is 3.60. The number of hydrogen-bond acceptors (Lipinski definition) is 2. The molecule has 0 saturated heterocycles. The minimum Gasteiger partial charge on any atom is -0.320 e. The van der Waals surface area contributed by atoms with Crippen LogP contribution < -0.4 is 5.73 Å². The van der Waals surface area contributed by atoms with Gasteiger partial charge in [0.2, 0.25) is 0 Å². The number of fused-ring (bicyclic) bond motifs is 1. The van der Waals surface area contributed by atoms with E-state index in [1.165, 1.54) is 17.2 Å². The Morgan fingerprint density at radius 3 is 2.48 bits per heavy atom. The van der Waals surface area contributed by atoms with Crippen molar-refractivity contribution in [1.29, 1.82) is 0 Å². The van der Waals surface area contributed by atoms with E-state index in [9.17, 15) is 4.39 Å². The molecule has 0 atom stereocenters. The molecule has 2 nitrogen and oxygen atoms in total. The summed E-state index contributed by atoms with van der Waals surface area (Å²) in [7, 11) is 0. The van der Waals surface area contributed by atoms with E-state index in [0.717, 1.165) is 25.2 Å². The maximum absolute atomic E-state index is 13.7. The average Bonchev–Trinajstić information content (AvgIpc) is 2.86. The van der Waals surface area contributed by atoms with Crippen LogP contribution in [-0.2, 0) is 19.6 Å². The minimum absolute atomic E-state index is 0.245. The molecule has 1 aliphatic heterocycles. The van der Waals surface area contributed by atoms with Crippen LogP contribution in [0.3, 0.4) is 0 Å². The standard InChI is InChI=1S/C18H17FN2/c19-18-9-14(4-3-7-20)8-15(10-18)11-21-12-16-5-1-2-6-17(16)13-21/h1-2,5-6,8-10H,7,11-13,20H2. The first-order valence-corrected chi connectivity index (χ1v) is 7.02. The molecule has 1 aliphatic rings. The monoisotopic (exact) mass is 280 g/mol. The lowest BCUT2D eigenvalue weighted by Gasteiger charge is -2.15. The van der Waals surface area contributed by atoms with Crippen molar-refractivity contribution in [2.45, 2.75) is 19.6 Å². The maximum Gasteiger partial charge on any atom is 0.124 e. The van der Waals surface area contributed by atoms with E-state index in [1.807, 2.05) is 6.07 Å². The van der Waals surface area contributed by atoms with E-state index in [1.54, 1.807) is 6.07 Å². The van der Waals surface area contributed by atoms with Crippen LogP contribution >= 0.6 is 0 Å². The SMILES string of the molecule is NCC#Cc1cc(F)cc(CN2Cc3ccccc3C2)c1. The van der Waals surface area contributed by atoms with Gasteiger partial charge in [-0.2, -0.15) is 0 Å². The normalized spacial score (nSPS) is 13.6. The Hall–Kier alpha value is -2.15. The molecule has 0 radical (unpaired) electrons. The molecule has 0 saturated carbocycles. The van der Waals surface area contributed by atoms with Crippen LogP contribution in [0.1, 0.15) is 22.3 Å². The summed E-state index contributed by atoms with van der Waals surface area (Å²) in [4.78, 5) is 2.31. The highest BCUT2D eigenvalue weighted by Crippen LogP contribution is 2.24. The Kier molecular flexibility index (Phi) is 4.01. The highest BCUT2D eigenvalue weighted by molar-refractivity contribution is 5.38. The van der Waals surface area contributed by atoms with E-state index in [0.29, 0.717) is 5.56 Å². The number of benzene rings is 2. The van der Waals surface area contributed by atoms with Crippen LogP contribution in [0.15, 0.2) is 42.5 Å². The zero-order chi connectivity index (χ0) is 14.7. The van der Waals surface area contributed by atoms with Gasteiger partial charge in [-0.15, -0.1) is 0 Å². The molecule has 1 heterocycles. The van der Waals surface area contributed by atoms with Crippen LogP contribution in [0.25, 0.3) is 0 Å². The Bertz CT molecular complexity index is 688. The van der Waals surface area contributed by atoms with Gasteiger partial charge in [0.1, 0.15) is 5.82 Å². The van der Waals surface area contributed by atoms with E-state index in [2.05, 4.69) is 41.0 Å². The maximum atomic E-state index is 13.7. The topological polar surface area (TPSA) is 29.3 Å². The third kappa shape index (κ3) is 3.30. The molecule has 0 fully saturated rings. The first-order valence-electron chi connectivity index (χ1n) is 7.02. The average molecular weight is 280 g/mol. The molecule has 0 spiro atoms. The van der Waals surface area contributed by atoms with Gasteiger partial charge in [-0.05, 0) is 34.9 Å². The molecule has 3 heteroatoms. The lowest BCUT2D eigenvalue weighted by molar-refractivity contribution is 0.275. The van der Waals surface area contributed by atoms with Gasteiger partial charge >= 0.3 is 0 Å². The van der Waals surface area contributed by atoms with Crippen LogP contribution in [0.4, 0.5) is 4.39 Å². The molecule has 0 aromatic heterocycles. The first-order chi connectivity index (χ1) is 10.2. The van der Waals surface area contributed by atoms with E-state index in [4.69, 9.17) is 5.73 Å². The summed E-state index contributed by atoms with van der Waals surface area (Å²) >= 11 is 0. The smallest absolute Gasteiger partial charge is 0.124 e. The number of nitrogens with zero attached hydrogens (tertiary/aromatic N) is 1. The van der Waals surface area contributed by atoms with Crippen molar-refractivity contribution in [3.8, 4) is 11.8 Å². The fourth-order valence-corrected chi connectivity index (χ4v) is 2.74. The first kappa shape index (κ1) is 13.8. The summed E-state index contributed by atoms with van der Waals surface area (Å²) in [6, 6.07) is 13.4. The van der Waals surface area contributed by atoms with Crippen molar-refractivity contribution in [2.24, 2.45) is 5.73 Å². The lowest BCUT2D eigenvalue weighted by Crippen LogP contribution is -2.15. The molecule has 2 aromatic carbocycles. The van der Waals surface area contributed by atoms with E-state index in [-0.39, 0.29) is 12.4 Å². The third-order valence-electron chi connectivity index (χ3n) is 3.60. The van der Waals surface area contributed by atoms with Gasteiger partial charge in [0, 0.05) is 25.2 Å². The Morgan fingerprint density at radius 1 is 1.10 bits per heavy atom. The fourth-order valence-electron chi connectivity index (χ4n) is 2.74. The molecule has 3 rings (SSSR count). The summed E-state index contributed by atoms with van der Waals surface area (Å²) in [6.45, 7) is 2.84. The number of hydrogen-bond donors (Lipinski definition) is 1. The summed E-state index contributed by atoms with van der Waals surface area (Å²) in [5, 5.41) is 0. The van der Waals surface area contributed by atoms with Crippen LogP contribution in [0.5, 0.6) is 0 Å². The molecule has 0 unspecified atom stereocenters. The molecule has 0 aliphatic carbocycles. The van der Waals surface area contributed by atoms with Gasteiger partial charge in [-0.25, -0.2) is 4.39 Å². The van der Waals surface area contributed by atoms with Gasteiger partial charge in [0.25, 0.3) is 0 Å². The second-order valence-corrected chi connectivity index (χ2v) is 5.27. The van der Waals surface area contributed by atoms with Gasteiger partial charge in [0.05, 0.1) is 6.54 Å². The van der Waals surface area contributed by atoms with Crippen molar-refractivity contribution in [2.75, 3.05) is 6.54 Å². The Balaban J connectivity index is 1.76. The van der Waals surface area contributed by atoms with Gasteiger partial charge in [-0.1, -0.05) is 36.1 Å². The summed E-state index contributed by atoms with van der Waals surface area (Å²) in [5.41, 5.74) is 9.71. The number of rotatable bonds is 2.